The molecule has 1 saturated heterocycles. The quantitative estimate of drug-likeness (QED) is 0.786. The maximum atomic E-state index is 13.3. The number of carbonyl (C=O) groups is 1. The van der Waals surface area contributed by atoms with Gasteiger partial charge in [0.2, 0.25) is 0 Å². The van der Waals surface area contributed by atoms with Crippen LogP contribution in [0.15, 0.2) is 16.6 Å². The van der Waals surface area contributed by atoms with Crippen molar-refractivity contribution in [3.8, 4) is 5.75 Å². The molecule has 1 heterocycles. The summed E-state index contributed by atoms with van der Waals surface area (Å²) in [7, 11) is 0. The normalized spacial score (nSPS) is 19.7. The zero-order valence-electron chi connectivity index (χ0n) is 8.00. The van der Waals surface area contributed by atoms with E-state index in [-0.39, 0.29) is 11.1 Å². The lowest BCUT2D eigenvalue weighted by Gasteiger charge is -2.11. The number of benzene rings is 1. The van der Waals surface area contributed by atoms with Crippen molar-refractivity contribution in [2.75, 3.05) is 6.61 Å². The van der Waals surface area contributed by atoms with Crippen molar-refractivity contribution in [1.29, 1.82) is 0 Å². The molecule has 1 atom stereocenters. The summed E-state index contributed by atoms with van der Waals surface area (Å²) in [5.41, 5.74) is 0. The first-order chi connectivity index (χ1) is 7.58. The molecule has 1 aliphatic rings. The minimum atomic E-state index is -0.926. The molecule has 0 N–H and O–H groups in total. The molecule has 6 heteroatoms. The predicted molar refractivity (Wildman–Crippen MR) is 54.1 cm³/mol. The van der Waals surface area contributed by atoms with Crippen LogP contribution in [-0.2, 0) is 9.53 Å². The molecule has 1 unspecified atom stereocenters. The van der Waals surface area contributed by atoms with Crippen molar-refractivity contribution in [2.45, 2.75) is 12.5 Å². The molecule has 0 radical (unpaired) electrons. The van der Waals surface area contributed by atoms with E-state index in [2.05, 4.69) is 20.7 Å². The molecule has 0 amide bonds. The monoisotopic (exact) mass is 292 g/mol. The average molecular weight is 293 g/mol. The summed E-state index contributed by atoms with van der Waals surface area (Å²) in [4.78, 5) is 11.1. The highest BCUT2D eigenvalue weighted by Gasteiger charge is 2.30. The predicted octanol–water partition coefficient (Wildman–Crippen LogP) is 2.42. The standard InChI is InChI=1S/C10H7BrF2O3/c11-5-3-6(12)9(7(13)4-5)16-8-1-2-15-10(8)14/h3-4,8H,1-2H2. The molecule has 1 fully saturated rings. The fourth-order valence-corrected chi connectivity index (χ4v) is 1.77. The molecule has 0 spiro atoms. The van der Waals surface area contributed by atoms with Crippen molar-refractivity contribution in [3.63, 3.8) is 0 Å². The number of halogens is 3. The van der Waals surface area contributed by atoms with Gasteiger partial charge in [0, 0.05) is 10.9 Å². The number of hydrogen-bond donors (Lipinski definition) is 0. The first-order valence-electron chi connectivity index (χ1n) is 4.56. The van der Waals surface area contributed by atoms with Crippen LogP contribution in [0.5, 0.6) is 5.75 Å². The van der Waals surface area contributed by atoms with E-state index in [1.165, 1.54) is 0 Å². The molecule has 1 aliphatic heterocycles. The van der Waals surface area contributed by atoms with Gasteiger partial charge in [-0.1, -0.05) is 15.9 Å². The Morgan fingerprint density at radius 2 is 2.00 bits per heavy atom. The van der Waals surface area contributed by atoms with E-state index in [0.29, 0.717) is 6.42 Å². The second kappa shape index (κ2) is 4.37. The van der Waals surface area contributed by atoms with E-state index in [1.807, 2.05) is 0 Å². The van der Waals surface area contributed by atoms with E-state index in [1.54, 1.807) is 0 Å². The average Bonchev–Trinajstić information content (AvgIpc) is 2.57. The number of ether oxygens (including phenoxy) is 2. The summed E-state index contributed by atoms with van der Waals surface area (Å²) < 4.78 is 36.5. The van der Waals surface area contributed by atoms with Gasteiger partial charge in [0.15, 0.2) is 23.5 Å². The highest BCUT2D eigenvalue weighted by atomic mass is 79.9. The van der Waals surface area contributed by atoms with Crippen LogP contribution >= 0.6 is 15.9 Å². The molecule has 0 bridgehead atoms. The van der Waals surface area contributed by atoms with Crippen LogP contribution in [0.4, 0.5) is 8.78 Å². The van der Waals surface area contributed by atoms with Crippen molar-refractivity contribution in [3.05, 3.63) is 28.2 Å². The number of cyclic esters (lactones) is 1. The molecule has 3 nitrogen and oxygen atoms in total. The number of esters is 1. The van der Waals surface area contributed by atoms with Gasteiger partial charge in [-0.05, 0) is 12.1 Å². The number of carbonyl (C=O) groups excluding carboxylic acids is 1. The van der Waals surface area contributed by atoms with Crippen LogP contribution in [0.1, 0.15) is 6.42 Å². The van der Waals surface area contributed by atoms with E-state index in [9.17, 15) is 13.6 Å². The van der Waals surface area contributed by atoms with Crippen LogP contribution < -0.4 is 4.74 Å². The summed E-state index contributed by atoms with van der Waals surface area (Å²) in [5, 5.41) is 0. The van der Waals surface area contributed by atoms with Gasteiger partial charge in [-0.15, -0.1) is 0 Å². The summed E-state index contributed by atoms with van der Waals surface area (Å²) >= 11 is 2.94. The summed E-state index contributed by atoms with van der Waals surface area (Å²) in [6, 6.07) is 2.14. The van der Waals surface area contributed by atoms with Gasteiger partial charge in [0.05, 0.1) is 6.61 Å². The molecular formula is C10H7BrF2O3. The zero-order valence-corrected chi connectivity index (χ0v) is 9.59. The van der Waals surface area contributed by atoms with Gasteiger partial charge in [0.1, 0.15) is 0 Å². The Morgan fingerprint density at radius 3 is 2.50 bits per heavy atom. The molecular weight excluding hydrogens is 286 g/mol. The molecule has 1 aromatic carbocycles. The third-order valence-corrected chi connectivity index (χ3v) is 2.57. The lowest BCUT2D eigenvalue weighted by molar-refractivity contribution is -0.143. The summed E-state index contributed by atoms with van der Waals surface area (Å²) in [5.74, 6) is -2.85. The minimum Gasteiger partial charge on any atom is -0.472 e. The molecule has 1 aromatic rings. The molecule has 16 heavy (non-hydrogen) atoms. The first-order valence-corrected chi connectivity index (χ1v) is 5.35. The summed E-state index contributed by atoms with van der Waals surface area (Å²) in [6.45, 7) is 0.212. The Morgan fingerprint density at radius 1 is 1.38 bits per heavy atom. The Balaban J connectivity index is 2.24. The summed E-state index contributed by atoms with van der Waals surface area (Å²) in [6.07, 6.45) is -0.626. The van der Waals surface area contributed by atoms with Crippen molar-refractivity contribution in [1.82, 2.24) is 0 Å². The van der Waals surface area contributed by atoms with Gasteiger partial charge in [-0.2, -0.15) is 0 Å². The smallest absolute Gasteiger partial charge is 0.347 e. The Hall–Kier alpha value is -1.17. The maximum Gasteiger partial charge on any atom is 0.347 e. The van der Waals surface area contributed by atoms with Gasteiger partial charge in [0.25, 0.3) is 0 Å². The molecule has 0 aliphatic carbocycles. The van der Waals surface area contributed by atoms with Crippen LogP contribution in [0.3, 0.4) is 0 Å². The van der Waals surface area contributed by atoms with E-state index < -0.39 is 29.5 Å². The largest absolute Gasteiger partial charge is 0.472 e. The lowest BCUT2D eigenvalue weighted by Crippen LogP contribution is -2.22. The van der Waals surface area contributed by atoms with Crippen LogP contribution in [0, 0.1) is 11.6 Å². The fraction of sp³-hybridized carbons (Fsp3) is 0.300. The number of rotatable bonds is 2. The molecule has 86 valence electrons. The third-order valence-electron chi connectivity index (χ3n) is 2.11. The van der Waals surface area contributed by atoms with Gasteiger partial charge >= 0.3 is 5.97 Å². The number of hydrogen-bond acceptors (Lipinski definition) is 3. The molecule has 2 rings (SSSR count). The second-order valence-corrected chi connectivity index (χ2v) is 4.18. The van der Waals surface area contributed by atoms with Gasteiger partial charge in [-0.3, -0.25) is 0 Å². The zero-order chi connectivity index (χ0) is 11.7. The van der Waals surface area contributed by atoms with Crippen molar-refractivity contribution < 1.29 is 23.0 Å². The third kappa shape index (κ3) is 2.16. The van der Waals surface area contributed by atoms with Crippen molar-refractivity contribution >= 4 is 21.9 Å². The molecule has 0 saturated carbocycles. The highest BCUT2D eigenvalue weighted by molar-refractivity contribution is 9.10. The van der Waals surface area contributed by atoms with Crippen molar-refractivity contribution in [2.24, 2.45) is 0 Å². The second-order valence-electron chi connectivity index (χ2n) is 3.26. The van der Waals surface area contributed by atoms with Gasteiger partial charge in [-0.25, -0.2) is 13.6 Å². The topological polar surface area (TPSA) is 35.5 Å². The Labute approximate surface area is 98.5 Å². The van der Waals surface area contributed by atoms with E-state index in [4.69, 9.17) is 4.74 Å². The van der Waals surface area contributed by atoms with E-state index >= 15 is 0 Å². The van der Waals surface area contributed by atoms with Crippen LogP contribution in [-0.4, -0.2) is 18.7 Å². The van der Waals surface area contributed by atoms with Crippen LogP contribution in [0.2, 0.25) is 0 Å². The lowest BCUT2D eigenvalue weighted by atomic mass is 10.3. The van der Waals surface area contributed by atoms with E-state index in [0.717, 1.165) is 12.1 Å². The SMILES string of the molecule is O=C1OCCC1Oc1c(F)cc(Br)cc1F. The maximum absolute atomic E-state index is 13.3. The first kappa shape index (κ1) is 11.3. The highest BCUT2D eigenvalue weighted by Crippen LogP contribution is 2.28. The Bertz CT molecular complexity index is 413. The fourth-order valence-electron chi connectivity index (χ4n) is 1.37. The van der Waals surface area contributed by atoms with Gasteiger partial charge < -0.3 is 9.47 Å². The minimum absolute atomic E-state index is 0.212. The Kier molecular flexibility index (Phi) is 3.09. The molecule has 0 aromatic heterocycles. The van der Waals surface area contributed by atoms with Crippen LogP contribution in [0.25, 0.3) is 0 Å².